The van der Waals surface area contributed by atoms with Gasteiger partial charge in [0.2, 0.25) is 5.69 Å². The molecular formula is C10H5N3O4. The maximum atomic E-state index is 10.6. The number of nitro groups is 1. The molecule has 0 aliphatic heterocycles. The molecule has 1 heterocycles. The fourth-order valence-electron chi connectivity index (χ4n) is 0.969. The van der Waals surface area contributed by atoms with Crippen LogP contribution < -0.4 is 0 Å². The number of nitriles is 1. The van der Waals surface area contributed by atoms with Gasteiger partial charge in [0, 0.05) is 17.8 Å². The molecule has 0 spiro atoms. The van der Waals surface area contributed by atoms with Gasteiger partial charge in [-0.05, 0) is 0 Å². The quantitative estimate of drug-likeness (QED) is 0.454. The highest BCUT2D eigenvalue weighted by molar-refractivity contribution is 5.70. The van der Waals surface area contributed by atoms with Crippen LogP contribution in [0.5, 0.6) is 0 Å². The molecule has 0 aliphatic carbocycles. The van der Waals surface area contributed by atoms with Gasteiger partial charge in [0.1, 0.15) is 12.5 Å². The number of hydrogen-bond donors (Lipinski definition) is 1. The first-order valence-corrected chi connectivity index (χ1v) is 4.30. The second-order valence-electron chi connectivity index (χ2n) is 2.83. The Bertz CT molecular complexity index is 577. The molecule has 1 N–H and O–H groups in total. The van der Waals surface area contributed by atoms with Gasteiger partial charge in [-0.3, -0.25) is 14.9 Å². The van der Waals surface area contributed by atoms with Gasteiger partial charge in [-0.15, -0.1) is 0 Å². The molecule has 0 unspecified atom stereocenters. The Labute approximate surface area is 95.5 Å². The Morgan fingerprint density at radius 2 is 2.35 bits per heavy atom. The van der Waals surface area contributed by atoms with Gasteiger partial charge in [-0.25, -0.2) is 4.98 Å². The van der Waals surface area contributed by atoms with Crippen LogP contribution in [-0.4, -0.2) is 21.0 Å². The summed E-state index contributed by atoms with van der Waals surface area (Å²) in [5, 5.41) is 27.5. The number of aromatic nitrogens is 1. The molecule has 7 nitrogen and oxygen atoms in total. The molecule has 1 aromatic heterocycles. The zero-order chi connectivity index (χ0) is 12.8. The van der Waals surface area contributed by atoms with Crippen LogP contribution in [0.25, 0.3) is 0 Å². The Morgan fingerprint density at radius 3 is 2.88 bits per heavy atom. The highest BCUT2D eigenvalue weighted by atomic mass is 16.6. The summed E-state index contributed by atoms with van der Waals surface area (Å²) in [4.78, 5) is 23.6. The van der Waals surface area contributed by atoms with Crippen molar-refractivity contribution in [1.82, 2.24) is 4.98 Å². The van der Waals surface area contributed by atoms with E-state index >= 15 is 0 Å². The van der Waals surface area contributed by atoms with Gasteiger partial charge in [0.05, 0.1) is 4.92 Å². The van der Waals surface area contributed by atoms with Crippen molar-refractivity contribution < 1.29 is 14.8 Å². The van der Waals surface area contributed by atoms with E-state index in [0.717, 1.165) is 6.07 Å². The monoisotopic (exact) mass is 231 g/mol. The number of carbonyl (C=O) groups is 1. The predicted octanol–water partition coefficient (Wildman–Crippen LogP) is 0.688. The lowest BCUT2D eigenvalue weighted by Crippen LogP contribution is -1.96. The van der Waals surface area contributed by atoms with Crippen LogP contribution in [0.15, 0.2) is 12.3 Å². The number of carboxylic acid groups (broad SMARTS) is 1. The Kier molecular flexibility index (Phi) is 3.74. The van der Waals surface area contributed by atoms with E-state index in [9.17, 15) is 14.9 Å². The normalized spacial score (nSPS) is 8.65. The Hall–Kier alpha value is -2.93. The van der Waals surface area contributed by atoms with Crippen molar-refractivity contribution in [3.63, 3.8) is 0 Å². The summed E-state index contributed by atoms with van der Waals surface area (Å²) in [6.45, 7) is 0. The molecule has 84 valence electrons. The molecule has 1 aromatic rings. The van der Waals surface area contributed by atoms with E-state index in [0.29, 0.717) is 0 Å². The van der Waals surface area contributed by atoms with Gasteiger partial charge in [0.15, 0.2) is 0 Å². The van der Waals surface area contributed by atoms with Crippen molar-refractivity contribution in [1.29, 1.82) is 5.26 Å². The molecule has 1 rings (SSSR count). The Morgan fingerprint density at radius 1 is 1.65 bits per heavy atom. The van der Waals surface area contributed by atoms with Crippen LogP contribution in [0.3, 0.4) is 0 Å². The van der Waals surface area contributed by atoms with Gasteiger partial charge < -0.3 is 5.11 Å². The summed E-state index contributed by atoms with van der Waals surface area (Å²) >= 11 is 0. The molecule has 7 heteroatoms. The van der Waals surface area contributed by atoms with E-state index in [1.807, 2.05) is 0 Å². The van der Waals surface area contributed by atoms with Crippen molar-refractivity contribution in [2.75, 3.05) is 0 Å². The Balaban J connectivity index is 3.08. The second-order valence-corrected chi connectivity index (χ2v) is 2.83. The van der Waals surface area contributed by atoms with E-state index in [4.69, 9.17) is 10.4 Å². The highest BCUT2D eigenvalue weighted by Crippen LogP contribution is 2.16. The zero-order valence-electron chi connectivity index (χ0n) is 8.38. The summed E-state index contributed by atoms with van der Waals surface area (Å²) < 4.78 is 0. The van der Waals surface area contributed by atoms with E-state index in [1.54, 1.807) is 6.07 Å². The minimum atomic E-state index is -1.09. The van der Waals surface area contributed by atoms with Gasteiger partial charge in [0.25, 0.3) is 0 Å². The van der Waals surface area contributed by atoms with Crippen LogP contribution in [0.1, 0.15) is 17.7 Å². The number of pyridine rings is 1. The summed E-state index contributed by atoms with van der Waals surface area (Å²) in [5.74, 6) is 3.64. The molecule has 0 aromatic carbocycles. The minimum Gasteiger partial charge on any atom is -0.481 e. The largest absolute Gasteiger partial charge is 0.481 e. The minimum absolute atomic E-state index is 0.192. The van der Waals surface area contributed by atoms with E-state index in [1.165, 1.54) is 6.20 Å². The van der Waals surface area contributed by atoms with Crippen molar-refractivity contribution >= 4 is 11.7 Å². The average Bonchev–Trinajstić information content (AvgIpc) is 2.28. The predicted molar refractivity (Wildman–Crippen MR) is 54.7 cm³/mol. The van der Waals surface area contributed by atoms with Crippen LogP contribution in [0.4, 0.5) is 5.69 Å². The first-order chi connectivity index (χ1) is 8.04. The molecule has 0 bridgehead atoms. The highest BCUT2D eigenvalue weighted by Gasteiger charge is 2.15. The SMILES string of the molecule is N#Cc1ncc(C#CCC(=O)O)cc1[N+](=O)[O-]. The number of aliphatic carboxylic acids is 1. The lowest BCUT2D eigenvalue weighted by molar-refractivity contribution is -0.385. The van der Waals surface area contributed by atoms with Crippen LogP contribution in [0.2, 0.25) is 0 Å². The first kappa shape index (κ1) is 12.1. The second kappa shape index (κ2) is 5.24. The van der Waals surface area contributed by atoms with Crippen molar-refractivity contribution in [3.05, 3.63) is 33.6 Å². The lowest BCUT2D eigenvalue weighted by atomic mass is 10.2. The average molecular weight is 231 g/mol. The van der Waals surface area contributed by atoms with Crippen LogP contribution in [-0.2, 0) is 4.79 Å². The fourth-order valence-corrected chi connectivity index (χ4v) is 0.969. The zero-order valence-corrected chi connectivity index (χ0v) is 8.38. The summed E-state index contributed by atoms with van der Waals surface area (Å²) in [5.41, 5.74) is -0.564. The van der Waals surface area contributed by atoms with E-state index in [2.05, 4.69) is 16.8 Å². The number of hydrogen-bond acceptors (Lipinski definition) is 5. The third kappa shape index (κ3) is 3.29. The molecule has 0 saturated carbocycles. The van der Waals surface area contributed by atoms with Crippen molar-refractivity contribution in [2.24, 2.45) is 0 Å². The van der Waals surface area contributed by atoms with Gasteiger partial charge in [-0.1, -0.05) is 11.8 Å². The summed E-state index contributed by atoms with van der Waals surface area (Å²) in [7, 11) is 0. The molecule has 0 radical (unpaired) electrons. The molecule has 0 amide bonds. The van der Waals surface area contributed by atoms with Gasteiger partial charge >= 0.3 is 11.7 Å². The molecule has 0 aliphatic rings. The first-order valence-electron chi connectivity index (χ1n) is 4.30. The van der Waals surface area contributed by atoms with E-state index in [-0.39, 0.29) is 17.7 Å². The molecular weight excluding hydrogens is 226 g/mol. The number of rotatable bonds is 2. The number of carboxylic acids is 1. The third-order valence-electron chi connectivity index (χ3n) is 1.64. The number of nitrogens with zero attached hydrogens (tertiary/aromatic N) is 3. The standard InChI is InChI=1S/C10H5N3O4/c11-5-8-9(13(16)17)4-7(6-12-8)2-1-3-10(14)15/h4,6H,3H2,(H,14,15). The smallest absolute Gasteiger partial charge is 0.315 e. The molecule has 0 saturated heterocycles. The third-order valence-corrected chi connectivity index (χ3v) is 1.64. The topological polar surface area (TPSA) is 117 Å². The van der Waals surface area contributed by atoms with Gasteiger partial charge in [-0.2, -0.15) is 5.26 Å². The molecule has 0 atom stereocenters. The lowest BCUT2D eigenvalue weighted by Gasteiger charge is -1.94. The van der Waals surface area contributed by atoms with Crippen molar-refractivity contribution in [2.45, 2.75) is 6.42 Å². The fraction of sp³-hybridized carbons (Fsp3) is 0.100. The summed E-state index contributed by atoms with van der Waals surface area (Å²) in [6.07, 6.45) is 0.814. The van der Waals surface area contributed by atoms with Crippen LogP contribution in [0, 0.1) is 33.3 Å². The summed E-state index contributed by atoms with van der Waals surface area (Å²) in [6, 6.07) is 2.67. The maximum absolute atomic E-state index is 10.6. The van der Waals surface area contributed by atoms with Crippen LogP contribution >= 0.6 is 0 Å². The molecule has 17 heavy (non-hydrogen) atoms. The van der Waals surface area contributed by atoms with Crippen molar-refractivity contribution in [3.8, 4) is 17.9 Å². The van der Waals surface area contributed by atoms with E-state index < -0.39 is 16.6 Å². The molecule has 0 fully saturated rings. The maximum Gasteiger partial charge on any atom is 0.315 e.